The van der Waals surface area contributed by atoms with Gasteiger partial charge in [0.2, 0.25) is 10.0 Å². The topological polar surface area (TPSA) is 87.2 Å². The van der Waals surface area contributed by atoms with Gasteiger partial charge >= 0.3 is 0 Å². The molecule has 2 rings (SSSR count). The minimum atomic E-state index is -3.34. The van der Waals surface area contributed by atoms with Crippen molar-refractivity contribution in [3.05, 3.63) is 36.4 Å². The molecule has 0 aliphatic rings. The Kier molecular flexibility index (Phi) is 5.97. The van der Waals surface area contributed by atoms with Crippen molar-refractivity contribution >= 4 is 33.0 Å². The van der Waals surface area contributed by atoms with Gasteiger partial charge in [0.15, 0.2) is 11.6 Å². The molecule has 0 aliphatic heterocycles. The summed E-state index contributed by atoms with van der Waals surface area (Å²) in [5.41, 5.74) is 2.06. The van der Waals surface area contributed by atoms with Crippen LogP contribution in [0.25, 0.3) is 0 Å². The highest BCUT2D eigenvalue weighted by atomic mass is 32.2. The molecule has 0 saturated heterocycles. The van der Waals surface area contributed by atoms with Gasteiger partial charge in [-0.3, -0.25) is 4.72 Å². The molecule has 1 heterocycles. The van der Waals surface area contributed by atoms with Crippen LogP contribution < -0.4 is 14.9 Å². The van der Waals surface area contributed by atoms with E-state index in [4.69, 9.17) is 0 Å². The zero-order valence-electron chi connectivity index (χ0n) is 14.2. The van der Waals surface area contributed by atoms with Gasteiger partial charge in [-0.2, -0.15) is 0 Å². The molecule has 0 fully saturated rings. The van der Waals surface area contributed by atoms with Gasteiger partial charge in [0.1, 0.15) is 0 Å². The Morgan fingerprint density at radius 1 is 0.917 bits per heavy atom. The maximum Gasteiger partial charge on any atom is 0.233 e. The molecule has 0 atom stereocenters. The Bertz CT molecular complexity index is 741. The van der Waals surface area contributed by atoms with E-state index in [0.717, 1.165) is 18.8 Å². The van der Waals surface area contributed by atoms with Crippen molar-refractivity contribution in [2.45, 2.75) is 20.8 Å². The molecule has 0 spiro atoms. The van der Waals surface area contributed by atoms with E-state index in [1.54, 1.807) is 19.1 Å². The molecular formula is C16H23N5O2S. The van der Waals surface area contributed by atoms with Gasteiger partial charge in [-0.15, -0.1) is 10.2 Å². The van der Waals surface area contributed by atoms with Gasteiger partial charge in [-0.25, -0.2) is 8.42 Å². The third-order valence-electron chi connectivity index (χ3n) is 3.57. The highest BCUT2D eigenvalue weighted by molar-refractivity contribution is 7.92. The lowest BCUT2D eigenvalue weighted by Crippen LogP contribution is -2.21. The van der Waals surface area contributed by atoms with Gasteiger partial charge in [-0.1, -0.05) is 0 Å². The van der Waals surface area contributed by atoms with E-state index in [1.165, 1.54) is 5.69 Å². The number of nitrogens with zero attached hydrogens (tertiary/aromatic N) is 3. The molecule has 8 heteroatoms. The molecule has 0 aliphatic carbocycles. The van der Waals surface area contributed by atoms with E-state index < -0.39 is 10.0 Å². The fraction of sp³-hybridized carbons (Fsp3) is 0.375. The third kappa shape index (κ3) is 4.82. The van der Waals surface area contributed by atoms with Crippen LogP contribution in [0.4, 0.5) is 23.0 Å². The van der Waals surface area contributed by atoms with Crippen LogP contribution >= 0.6 is 0 Å². The molecule has 1 aromatic heterocycles. The van der Waals surface area contributed by atoms with E-state index in [1.807, 2.05) is 24.3 Å². The summed E-state index contributed by atoms with van der Waals surface area (Å²) in [5, 5.41) is 11.0. The Hall–Kier alpha value is -2.35. The lowest BCUT2D eigenvalue weighted by Gasteiger charge is -2.21. The highest BCUT2D eigenvalue weighted by Gasteiger charge is 2.08. The number of benzene rings is 1. The van der Waals surface area contributed by atoms with Gasteiger partial charge in [0.05, 0.1) is 5.75 Å². The minimum absolute atomic E-state index is 0.00638. The number of rotatable bonds is 8. The Labute approximate surface area is 143 Å². The van der Waals surface area contributed by atoms with Crippen molar-refractivity contribution < 1.29 is 8.42 Å². The summed E-state index contributed by atoms with van der Waals surface area (Å²) >= 11 is 0. The Morgan fingerprint density at radius 2 is 1.50 bits per heavy atom. The summed E-state index contributed by atoms with van der Waals surface area (Å²) in [6, 6.07) is 11.3. The lowest BCUT2D eigenvalue weighted by atomic mass is 10.2. The summed E-state index contributed by atoms with van der Waals surface area (Å²) in [5.74, 6) is 0.748. The van der Waals surface area contributed by atoms with E-state index >= 15 is 0 Å². The minimum Gasteiger partial charge on any atom is -0.372 e. The Morgan fingerprint density at radius 3 is 2.00 bits per heavy atom. The number of nitrogens with one attached hydrogen (secondary N) is 2. The predicted octanol–water partition coefficient (Wildman–Crippen LogP) is 2.83. The number of sulfonamides is 1. The maximum absolute atomic E-state index is 11.5. The number of hydrogen-bond acceptors (Lipinski definition) is 6. The smallest absolute Gasteiger partial charge is 0.233 e. The summed E-state index contributed by atoms with van der Waals surface area (Å²) in [7, 11) is -3.34. The second kappa shape index (κ2) is 7.96. The largest absolute Gasteiger partial charge is 0.372 e. The molecule has 2 aromatic rings. The monoisotopic (exact) mass is 349 g/mol. The zero-order chi connectivity index (χ0) is 17.6. The van der Waals surface area contributed by atoms with Crippen LogP contribution in [0.1, 0.15) is 20.8 Å². The van der Waals surface area contributed by atoms with Crippen LogP contribution in [-0.2, 0) is 10.0 Å². The van der Waals surface area contributed by atoms with Gasteiger partial charge in [0, 0.05) is 24.5 Å². The van der Waals surface area contributed by atoms with Crippen molar-refractivity contribution in [3.8, 4) is 0 Å². The van der Waals surface area contributed by atoms with Crippen LogP contribution in [-0.4, -0.2) is 37.5 Å². The predicted molar refractivity (Wildman–Crippen MR) is 98.4 cm³/mol. The normalized spacial score (nSPS) is 11.1. The molecule has 0 amide bonds. The van der Waals surface area contributed by atoms with Crippen LogP contribution in [0.3, 0.4) is 0 Å². The highest BCUT2D eigenvalue weighted by Crippen LogP contribution is 2.20. The Balaban J connectivity index is 2.03. The van der Waals surface area contributed by atoms with E-state index in [9.17, 15) is 8.42 Å². The van der Waals surface area contributed by atoms with Gasteiger partial charge in [0.25, 0.3) is 0 Å². The zero-order valence-corrected chi connectivity index (χ0v) is 15.0. The molecular weight excluding hydrogens is 326 g/mol. The summed E-state index contributed by atoms with van der Waals surface area (Å²) < 4.78 is 25.3. The number of anilines is 4. The molecule has 0 unspecified atom stereocenters. The molecule has 7 nitrogen and oxygen atoms in total. The SMILES string of the molecule is CCN(CC)c1ccc(Nc2ccc(NS(=O)(=O)CC)nn2)cc1. The van der Waals surface area contributed by atoms with Crippen LogP contribution in [0, 0.1) is 0 Å². The van der Waals surface area contributed by atoms with Crippen LogP contribution in [0.5, 0.6) is 0 Å². The first kappa shape index (κ1) is 18.0. The van der Waals surface area contributed by atoms with E-state index in [2.05, 4.69) is 39.0 Å². The van der Waals surface area contributed by atoms with Crippen LogP contribution in [0.2, 0.25) is 0 Å². The number of hydrogen-bond donors (Lipinski definition) is 2. The van der Waals surface area contributed by atoms with Gasteiger partial charge in [-0.05, 0) is 57.2 Å². The van der Waals surface area contributed by atoms with Gasteiger partial charge < -0.3 is 10.2 Å². The lowest BCUT2D eigenvalue weighted by molar-refractivity contribution is 0.602. The van der Waals surface area contributed by atoms with Crippen molar-refractivity contribution in [3.63, 3.8) is 0 Å². The first-order chi connectivity index (χ1) is 11.5. The summed E-state index contributed by atoms with van der Waals surface area (Å²) in [6.07, 6.45) is 0. The molecule has 0 saturated carbocycles. The molecule has 0 radical (unpaired) electrons. The van der Waals surface area contributed by atoms with Crippen molar-refractivity contribution in [2.75, 3.05) is 33.8 Å². The van der Waals surface area contributed by atoms with Crippen molar-refractivity contribution in [2.24, 2.45) is 0 Å². The average molecular weight is 349 g/mol. The second-order valence-electron chi connectivity index (χ2n) is 5.15. The average Bonchev–Trinajstić information content (AvgIpc) is 2.59. The molecule has 0 bridgehead atoms. The fourth-order valence-electron chi connectivity index (χ4n) is 2.18. The third-order valence-corrected chi connectivity index (χ3v) is 4.85. The second-order valence-corrected chi connectivity index (χ2v) is 7.16. The standard InChI is InChI=1S/C16H23N5O2S/c1-4-21(5-2)14-9-7-13(8-10-14)17-15-11-12-16(19-18-15)20-24(22,23)6-3/h7-12H,4-6H2,1-3H3,(H,17,18)(H,19,20). The molecule has 1 aromatic carbocycles. The molecule has 24 heavy (non-hydrogen) atoms. The van der Waals surface area contributed by atoms with Crippen LogP contribution in [0.15, 0.2) is 36.4 Å². The van der Waals surface area contributed by atoms with Crippen molar-refractivity contribution in [1.29, 1.82) is 0 Å². The summed E-state index contributed by atoms with van der Waals surface area (Å²) in [6.45, 7) is 7.74. The van der Waals surface area contributed by atoms with Crippen molar-refractivity contribution in [1.82, 2.24) is 10.2 Å². The quantitative estimate of drug-likeness (QED) is 0.762. The van der Waals surface area contributed by atoms with E-state index in [0.29, 0.717) is 5.82 Å². The maximum atomic E-state index is 11.5. The first-order valence-electron chi connectivity index (χ1n) is 7.93. The molecule has 130 valence electrons. The summed E-state index contributed by atoms with van der Waals surface area (Å²) in [4.78, 5) is 2.26. The fourth-order valence-corrected chi connectivity index (χ4v) is 2.75. The molecule has 2 N–H and O–H groups in total. The number of aromatic nitrogens is 2. The first-order valence-corrected chi connectivity index (χ1v) is 9.59. The van der Waals surface area contributed by atoms with E-state index in [-0.39, 0.29) is 11.6 Å².